The van der Waals surface area contributed by atoms with Gasteiger partial charge in [0, 0.05) is 31.1 Å². The summed E-state index contributed by atoms with van der Waals surface area (Å²) in [5.74, 6) is -1.87. The quantitative estimate of drug-likeness (QED) is 0.829. The molecule has 1 aliphatic heterocycles. The maximum Gasteiger partial charge on any atom is 0.410 e. The van der Waals surface area contributed by atoms with Crippen LogP contribution in [0.1, 0.15) is 39.2 Å². The van der Waals surface area contributed by atoms with Crippen LogP contribution in [0.15, 0.2) is 12.1 Å². The van der Waals surface area contributed by atoms with E-state index in [0.29, 0.717) is 19.2 Å². The minimum atomic E-state index is -0.948. The van der Waals surface area contributed by atoms with Crippen LogP contribution >= 0.6 is 0 Å². The van der Waals surface area contributed by atoms with Gasteiger partial charge >= 0.3 is 6.09 Å². The van der Waals surface area contributed by atoms with Crippen LogP contribution in [0.4, 0.5) is 13.6 Å². The van der Waals surface area contributed by atoms with Gasteiger partial charge in [-0.15, -0.1) is 0 Å². The lowest BCUT2D eigenvalue weighted by Gasteiger charge is -2.34. The van der Waals surface area contributed by atoms with E-state index in [0.717, 1.165) is 18.9 Å². The number of likely N-dealkylation sites (tertiary alicyclic amines) is 1. The second-order valence-corrected chi connectivity index (χ2v) is 7.12. The highest BCUT2D eigenvalue weighted by Crippen LogP contribution is 2.25. The van der Waals surface area contributed by atoms with E-state index in [1.807, 2.05) is 0 Å². The van der Waals surface area contributed by atoms with Crippen molar-refractivity contribution in [3.8, 4) is 11.8 Å². The Morgan fingerprint density at radius 3 is 2.76 bits per heavy atom. The van der Waals surface area contributed by atoms with Gasteiger partial charge in [0.1, 0.15) is 34.6 Å². The van der Waals surface area contributed by atoms with Gasteiger partial charge in [-0.05, 0) is 33.6 Å². The van der Waals surface area contributed by atoms with Gasteiger partial charge in [0.25, 0.3) is 0 Å². The summed E-state index contributed by atoms with van der Waals surface area (Å²) in [7, 11) is 0. The number of nitriles is 1. The Labute approximate surface area is 146 Å². The summed E-state index contributed by atoms with van der Waals surface area (Å²) in [5.41, 5.74) is -0.886. The number of ether oxygens (including phenoxy) is 2. The van der Waals surface area contributed by atoms with Gasteiger partial charge in [-0.2, -0.15) is 5.26 Å². The summed E-state index contributed by atoms with van der Waals surface area (Å²) in [6.07, 6.45) is 1.22. The largest absolute Gasteiger partial charge is 0.492 e. The van der Waals surface area contributed by atoms with Crippen molar-refractivity contribution < 1.29 is 23.0 Å². The van der Waals surface area contributed by atoms with Gasteiger partial charge < -0.3 is 14.4 Å². The van der Waals surface area contributed by atoms with Gasteiger partial charge in [-0.1, -0.05) is 0 Å². The fourth-order valence-electron chi connectivity index (χ4n) is 2.67. The molecule has 2 rings (SSSR count). The Bertz CT molecular complexity index is 680. The lowest BCUT2D eigenvalue weighted by atomic mass is 9.99. The van der Waals surface area contributed by atoms with Crippen molar-refractivity contribution in [2.75, 3.05) is 19.7 Å². The molecule has 1 unspecified atom stereocenters. The van der Waals surface area contributed by atoms with Crippen LogP contribution in [0.25, 0.3) is 0 Å². The lowest BCUT2D eigenvalue weighted by molar-refractivity contribution is 0.0139. The molecule has 0 saturated carbocycles. The highest BCUT2D eigenvalue weighted by molar-refractivity contribution is 5.68. The maximum absolute atomic E-state index is 13.6. The normalized spacial score (nSPS) is 17.8. The van der Waals surface area contributed by atoms with Crippen molar-refractivity contribution in [2.24, 2.45) is 5.92 Å². The van der Waals surface area contributed by atoms with Gasteiger partial charge in [0.15, 0.2) is 0 Å². The molecule has 0 aliphatic carbocycles. The van der Waals surface area contributed by atoms with Gasteiger partial charge in [0.2, 0.25) is 0 Å². The number of carbonyl (C=O) groups excluding carboxylic acids is 1. The molecular weight excluding hydrogens is 330 g/mol. The predicted molar refractivity (Wildman–Crippen MR) is 87.1 cm³/mol. The molecule has 25 heavy (non-hydrogen) atoms. The number of carbonyl (C=O) groups is 1. The average Bonchev–Trinajstić information content (AvgIpc) is 2.51. The van der Waals surface area contributed by atoms with Crippen molar-refractivity contribution in [1.82, 2.24) is 4.90 Å². The van der Waals surface area contributed by atoms with Crippen LogP contribution in [0.2, 0.25) is 0 Å². The Kier molecular flexibility index (Phi) is 5.83. The Morgan fingerprint density at radius 2 is 2.12 bits per heavy atom. The average molecular weight is 352 g/mol. The van der Waals surface area contributed by atoms with Crippen LogP contribution < -0.4 is 4.74 Å². The molecule has 136 valence electrons. The van der Waals surface area contributed by atoms with Crippen LogP contribution in [-0.4, -0.2) is 36.3 Å². The Morgan fingerprint density at radius 1 is 1.40 bits per heavy atom. The third-order valence-electron chi connectivity index (χ3n) is 3.78. The zero-order chi connectivity index (χ0) is 18.6. The summed E-state index contributed by atoms with van der Waals surface area (Å²) in [6, 6.07) is 3.33. The molecule has 1 aliphatic rings. The maximum atomic E-state index is 13.6. The van der Waals surface area contributed by atoms with Crippen LogP contribution in [0.3, 0.4) is 0 Å². The molecule has 1 aromatic rings. The number of hydrogen-bond acceptors (Lipinski definition) is 4. The number of nitrogens with zero attached hydrogens (tertiary/aromatic N) is 2. The SMILES string of the molecule is CC(C)(C)OC(=O)N1CCCC(COc2cc(F)cc(F)c2C#N)C1. The first kappa shape index (κ1) is 19.0. The predicted octanol–water partition coefficient (Wildman–Crippen LogP) is 3.86. The zero-order valence-electron chi connectivity index (χ0n) is 14.6. The lowest BCUT2D eigenvalue weighted by Crippen LogP contribution is -2.44. The van der Waals surface area contributed by atoms with E-state index in [-0.39, 0.29) is 29.9 Å². The first-order valence-electron chi connectivity index (χ1n) is 8.19. The van der Waals surface area contributed by atoms with E-state index in [2.05, 4.69) is 0 Å². The van der Waals surface area contributed by atoms with Crippen molar-refractivity contribution in [2.45, 2.75) is 39.2 Å². The third kappa shape index (κ3) is 5.31. The van der Waals surface area contributed by atoms with E-state index in [9.17, 15) is 13.6 Å². The van der Waals surface area contributed by atoms with Crippen LogP contribution in [0, 0.1) is 28.9 Å². The van der Waals surface area contributed by atoms with E-state index >= 15 is 0 Å². The van der Waals surface area contributed by atoms with Crippen molar-refractivity contribution in [1.29, 1.82) is 5.26 Å². The second-order valence-electron chi connectivity index (χ2n) is 7.12. The van der Waals surface area contributed by atoms with Gasteiger partial charge in [-0.3, -0.25) is 0 Å². The molecule has 0 radical (unpaired) electrons. The molecule has 0 aromatic heterocycles. The van der Waals surface area contributed by atoms with E-state index in [4.69, 9.17) is 14.7 Å². The molecule has 1 heterocycles. The molecule has 7 heteroatoms. The number of piperidine rings is 1. The van der Waals surface area contributed by atoms with E-state index in [1.165, 1.54) is 0 Å². The topological polar surface area (TPSA) is 62.6 Å². The van der Waals surface area contributed by atoms with Crippen molar-refractivity contribution in [3.63, 3.8) is 0 Å². The number of hydrogen-bond donors (Lipinski definition) is 0. The first-order valence-corrected chi connectivity index (χ1v) is 8.19. The number of rotatable bonds is 3. The molecular formula is C18H22F2N2O3. The molecule has 0 N–H and O–H groups in total. The summed E-state index contributed by atoms with van der Waals surface area (Å²) < 4.78 is 37.8. The highest BCUT2D eigenvalue weighted by atomic mass is 19.1. The third-order valence-corrected chi connectivity index (χ3v) is 3.78. The number of amides is 1. The Hall–Kier alpha value is -2.36. The minimum Gasteiger partial charge on any atom is -0.492 e. The molecule has 5 nitrogen and oxygen atoms in total. The second kappa shape index (κ2) is 7.68. The molecule has 0 spiro atoms. The summed E-state index contributed by atoms with van der Waals surface area (Å²) >= 11 is 0. The fraction of sp³-hybridized carbons (Fsp3) is 0.556. The number of halogens is 2. The van der Waals surface area contributed by atoms with Gasteiger partial charge in [-0.25, -0.2) is 13.6 Å². The van der Waals surface area contributed by atoms with E-state index < -0.39 is 17.2 Å². The molecule has 1 saturated heterocycles. The molecule has 0 bridgehead atoms. The molecule has 1 fully saturated rings. The zero-order valence-corrected chi connectivity index (χ0v) is 14.6. The van der Waals surface area contributed by atoms with Crippen LogP contribution in [-0.2, 0) is 4.74 Å². The minimum absolute atomic E-state index is 0.000796. The van der Waals surface area contributed by atoms with Crippen molar-refractivity contribution in [3.05, 3.63) is 29.3 Å². The summed E-state index contributed by atoms with van der Waals surface area (Å²) in [6.45, 7) is 6.61. The summed E-state index contributed by atoms with van der Waals surface area (Å²) in [5, 5.41) is 8.99. The monoisotopic (exact) mass is 352 g/mol. The fourth-order valence-corrected chi connectivity index (χ4v) is 2.67. The smallest absolute Gasteiger partial charge is 0.410 e. The first-order chi connectivity index (χ1) is 11.7. The number of benzene rings is 1. The van der Waals surface area contributed by atoms with Crippen molar-refractivity contribution >= 4 is 6.09 Å². The summed E-state index contributed by atoms with van der Waals surface area (Å²) in [4.78, 5) is 13.8. The standard InChI is InChI=1S/C18H22F2N2O3/c1-18(2,3)25-17(23)22-6-4-5-12(10-22)11-24-16-8-13(19)7-15(20)14(16)9-21/h7-8,12H,4-6,10-11H2,1-3H3. The van der Waals surface area contributed by atoms with Gasteiger partial charge in [0.05, 0.1) is 6.61 Å². The molecule has 1 aromatic carbocycles. The molecule has 1 amide bonds. The highest BCUT2D eigenvalue weighted by Gasteiger charge is 2.28. The van der Waals surface area contributed by atoms with Crippen LogP contribution in [0.5, 0.6) is 5.75 Å². The van der Waals surface area contributed by atoms with E-state index in [1.54, 1.807) is 31.7 Å². The Balaban J connectivity index is 1.98. The molecule has 1 atom stereocenters.